The summed E-state index contributed by atoms with van der Waals surface area (Å²) in [5, 5.41) is 8.65. The molecule has 0 radical (unpaired) electrons. The number of carbonyl (C=O) groups is 2. The Morgan fingerprint density at radius 1 is 1.14 bits per heavy atom. The lowest BCUT2D eigenvalue weighted by molar-refractivity contribution is -0.139. The molecule has 1 aliphatic rings. The molecule has 1 amide bonds. The molecular weight excluding hydrogens is 360 g/mol. The van der Waals surface area contributed by atoms with Crippen LogP contribution in [0.2, 0.25) is 0 Å². The van der Waals surface area contributed by atoms with Crippen molar-refractivity contribution in [3.63, 3.8) is 0 Å². The van der Waals surface area contributed by atoms with Gasteiger partial charge in [-0.05, 0) is 56.0 Å². The Morgan fingerprint density at radius 3 is 2.54 bits per heavy atom. The third kappa shape index (κ3) is 5.22. The van der Waals surface area contributed by atoms with Crippen LogP contribution in [0.5, 0.6) is 11.6 Å². The van der Waals surface area contributed by atoms with E-state index < -0.39 is 12.6 Å². The number of aliphatic carboxylic acids is 1. The van der Waals surface area contributed by atoms with E-state index in [2.05, 4.69) is 4.98 Å². The average molecular weight is 384 g/mol. The number of ether oxygens (including phenoxy) is 2. The zero-order valence-corrected chi connectivity index (χ0v) is 15.8. The molecule has 148 valence electrons. The van der Waals surface area contributed by atoms with Crippen LogP contribution in [0.3, 0.4) is 0 Å². The molecule has 0 spiro atoms. The zero-order chi connectivity index (χ0) is 19.9. The van der Waals surface area contributed by atoms with Crippen molar-refractivity contribution in [1.82, 2.24) is 4.98 Å². The van der Waals surface area contributed by atoms with E-state index in [4.69, 9.17) is 14.6 Å². The third-order valence-corrected chi connectivity index (χ3v) is 4.71. The first kappa shape index (κ1) is 19.7. The molecule has 1 saturated carbocycles. The van der Waals surface area contributed by atoms with E-state index in [-0.39, 0.29) is 12.0 Å². The van der Waals surface area contributed by atoms with Crippen molar-refractivity contribution in [3.8, 4) is 11.6 Å². The molecular formula is C21H24N2O5. The van der Waals surface area contributed by atoms with E-state index in [0.29, 0.717) is 22.9 Å². The zero-order valence-electron chi connectivity index (χ0n) is 15.8. The van der Waals surface area contributed by atoms with Crippen LogP contribution in [0.4, 0.5) is 5.69 Å². The van der Waals surface area contributed by atoms with Crippen molar-refractivity contribution >= 4 is 17.6 Å². The first-order valence-electron chi connectivity index (χ1n) is 9.38. The van der Waals surface area contributed by atoms with Crippen LogP contribution in [0.25, 0.3) is 0 Å². The Morgan fingerprint density at radius 2 is 1.86 bits per heavy atom. The van der Waals surface area contributed by atoms with Crippen molar-refractivity contribution in [2.75, 3.05) is 18.6 Å². The van der Waals surface area contributed by atoms with E-state index in [1.54, 1.807) is 49.6 Å². The second-order valence-electron chi connectivity index (χ2n) is 6.80. The molecule has 1 fully saturated rings. The second kappa shape index (κ2) is 9.21. The Bertz CT molecular complexity index is 816. The molecule has 0 saturated heterocycles. The number of hydrogen-bond donors (Lipinski definition) is 1. The first-order chi connectivity index (χ1) is 13.5. The summed E-state index contributed by atoms with van der Waals surface area (Å²) < 4.78 is 11.1. The number of benzene rings is 1. The largest absolute Gasteiger partial charge is 0.482 e. The molecule has 3 rings (SSSR count). The summed E-state index contributed by atoms with van der Waals surface area (Å²) in [6.45, 7) is -0.408. The summed E-state index contributed by atoms with van der Waals surface area (Å²) in [6.07, 6.45) is 7.38. The predicted octanol–water partition coefficient (Wildman–Crippen LogP) is 3.53. The first-order valence-corrected chi connectivity index (χ1v) is 9.38. The van der Waals surface area contributed by atoms with Crippen molar-refractivity contribution in [2.24, 2.45) is 0 Å². The molecule has 1 aliphatic carbocycles. The molecule has 1 heterocycles. The third-order valence-electron chi connectivity index (χ3n) is 4.71. The van der Waals surface area contributed by atoms with E-state index in [0.717, 1.165) is 25.7 Å². The maximum Gasteiger partial charge on any atom is 0.341 e. The Balaban J connectivity index is 1.65. The summed E-state index contributed by atoms with van der Waals surface area (Å²) in [4.78, 5) is 29.1. The number of aromatic nitrogens is 1. The average Bonchev–Trinajstić information content (AvgIpc) is 2.72. The second-order valence-corrected chi connectivity index (χ2v) is 6.80. The summed E-state index contributed by atoms with van der Waals surface area (Å²) in [6, 6.07) is 10.0. The van der Waals surface area contributed by atoms with Crippen LogP contribution in [-0.4, -0.2) is 41.7 Å². The number of pyridine rings is 1. The van der Waals surface area contributed by atoms with Gasteiger partial charge >= 0.3 is 5.97 Å². The highest BCUT2D eigenvalue weighted by Gasteiger charge is 2.18. The monoisotopic (exact) mass is 384 g/mol. The standard InChI is InChI=1S/C21H24N2O5/c1-23(16-7-9-17(10-8-16)27-14-20(24)25)21(26)15-11-12-22-19(13-15)28-18-5-3-2-4-6-18/h7-13,18H,2-6,14H2,1H3,(H,24,25). The van der Waals surface area contributed by atoms with Crippen molar-refractivity contribution in [1.29, 1.82) is 0 Å². The fourth-order valence-corrected chi connectivity index (χ4v) is 3.18. The molecule has 28 heavy (non-hydrogen) atoms. The Hall–Kier alpha value is -3.09. The molecule has 0 unspecified atom stereocenters. The minimum Gasteiger partial charge on any atom is -0.482 e. The smallest absolute Gasteiger partial charge is 0.341 e. The molecule has 1 aromatic heterocycles. The molecule has 2 aromatic rings. The van der Waals surface area contributed by atoms with Crippen molar-refractivity contribution in [3.05, 3.63) is 48.2 Å². The molecule has 7 nitrogen and oxygen atoms in total. The number of carboxylic acid groups (broad SMARTS) is 1. The van der Waals surface area contributed by atoms with E-state index in [1.165, 1.54) is 11.3 Å². The Labute approximate surface area is 163 Å². The summed E-state index contributed by atoms with van der Waals surface area (Å²) in [5.41, 5.74) is 1.16. The van der Waals surface area contributed by atoms with Gasteiger partial charge in [0.25, 0.3) is 5.91 Å². The molecule has 0 bridgehead atoms. The minimum absolute atomic E-state index is 0.169. The quantitative estimate of drug-likeness (QED) is 0.785. The van der Waals surface area contributed by atoms with Crippen molar-refractivity contribution in [2.45, 2.75) is 38.2 Å². The Kier molecular flexibility index (Phi) is 6.47. The van der Waals surface area contributed by atoms with Crippen molar-refractivity contribution < 1.29 is 24.2 Å². The van der Waals surface area contributed by atoms with Crippen LogP contribution < -0.4 is 14.4 Å². The van der Waals surface area contributed by atoms with Gasteiger partial charge in [-0.2, -0.15) is 0 Å². The van der Waals surface area contributed by atoms with Gasteiger partial charge < -0.3 is 19.5 Å². The number of carboxylic acids is 1. The summed E-state index contributed by atoms with van der Waals surface area (Å²) in [5.74, 6) is -0.321. The predicted molar refractivity (Wildman–Crippen MR) is 104 cm³/mol. The van der Waals surface area contributed by atoms with E-state index in [1.807, 2.05) is 0 Å². The molecule has 0 atom stereocenters. The molecule has 0 aliphatic heterocycles. The summed E-state index contributed by atoms with van der Waals surface area (Å²) in [7, 11) is 1.68. The number of rotatable bonds is 7. The van der Waals surface area contributed by atoms with Crippen LogP contribution >= 0.6 is 0 Å². The van der Waals surface area contributed by atoms with Gasteiger partial charge in [0.15, 0.2) is 6.61 Å². The van der Waals surface area contributed by atoms with Gasteiger partial charge in [-0.1, -0.05) is 6.42 Å². The lowest BCUT2D eigenvalue weighted by Gasteiger charge is -2.23. The van der Waals surface area contributed by atoms with Crippen LogP contribution in [0.15, 0.2) is 42.6 Å². The number of anilines is 1. The van der Waals surface area contributed by atoms with Gasteiger partial charge in [0.2, 0.25) is 5.88 Å². The minimum atomic E-state index is -1.04. The van der Waals surface area contributed by atoms with E-state index >= 15 is 0 Å². The number of nitrogens with zero attached hydrogens (tertiary/aromatic N) is 2. The summed E-state index contributed by atoms with van der Waals surface area (Å²) >= 11 is 0. The fraction of sp³-hybridized carbons (Fsp3) is 0.381. The maximum atomic E-state index is 12.8. The highest BCUT2D eigenvalue weighted by molar-refractivity contribution is 6.05. The van der Waals surface area contributed by atoms with Gasteiger partial charge in [0, 0.05) is 30.6 Å². The lowest BCUT2D eigenvalue weighted by atomic mass is 9.98. The SMILES string of the molecule is CN(C(=O)c1ccnc(OC2CCCCC2)c1)c1ccc(OCC(=O)O)cc1. The normalized spacial score (nSPS) is 14.3. The highest BCUT2D eigenvalue weighted by atomic mass is 16.5. The highest BCUT2D eigenvalue weighted by Crippen LogP contribution is 2.24. The van der Waals surface area contributed by atoms with Crippen LogP contribution in [0, 0.1) is 0 Å². The van der Waals surface area contributed by atoms with Gasteiger partial charge in [-0.25, -0.2) is 9.78 Å². The van der Waals surface area contributed by atoms with E-state index in [9.17, 15) is 9.59 Å². The van der Waals surface area contributed by atoms with Gasteiger partial charge in [0.05, 0.1) is 0 Å². The lowest BCUT2D eigenvalue weighted by Crippen LogP contribution is -2.26. The number of hydrogen-bond acceptors (Lipinski definition) is 5. The molecule has 1 N–H and O–H groups in total. The van der Waals surface area contributed by atoms with Crippen LogP contribution in [0.1, 0.15) is 42.5 Å². The van der Waals surface area contributed by atoms with Gasteiger partial charge in [0.1, 0.15) is 11.9 Å². The topological polar surface area (TPSA) is 89.0 Å². The van der Waals surface area contributed by atoms with Gasteiger partial charge in [-0.3, -0.25) is 4.79 Å². The van der Waals surface area contributed by atoms with Gasteiger partial charge in [-0.15, -0.1) is 0 Å². The molecule has 1 aromatic carbocycles. The number of carbonyl (C=O) groups excluding carboxylic acids is 1. The maximum absolute atomic E-state index is 12.8. The fourth-order valence-electron chi connectivity index (χ4n) is 3.18. The molecule has 7 heteroatoms. The van der Waals surface area contributed by atoms with Crippen LogP contribution in [-0.2, 0) is 4.79 Å². The number of amides is 1.